The SMILES string of the molecule is CCC(C)(C)Oc1ccc(C(C)(C)c2ccc(OC(=O)C(C)(CC)C(C)(C)Oc3ccc(C(C)(C)c4ccc(OC(=O)C(C)(C)CC)cc4)cc3)c(C)c2)cc1C. The summed E-state index contributed by atoms with van der Waals surface area (Å²) in [5.74, 6) is 2.08. The van der Waals surface area contributed by atoms with Gasteiger partial charge in [-0.3, -0.25) is 9.59 Å². The highest BCUT2D eigenvalue weighted by Gasteiger charge is 2.50. The number of esters is 2. The van der Waals surface area contributed by atoms with Crippen molar-refractivity contribution in [3.8, 4) is 23.0 Å². The third-order valence-electron chi connectivity index (χ3n) is 12.9. The van der Waals surface area contributed by atoms with E-state index in [1.807, 2.05) is 97.9 Å². The predicted octanol–water partition coefficient (Wildman–Crippen LogP) is 13.0. The third kappa shape index (κ3) is 9.76. The van der Waals surface area contributed by atoms with Crippen LogP contribution in [0.4, 0.5) is 0 Å². The van der Waals surface area contributed by atoms with Crippen molar-refractivity contribution in [2.45, 2.75) is 152 Å². The quantitative estimate of drug-likeness (QED) is 0.0833. The first kappa shape index (κ1) is 45.1. The maximum absolute atomic E-state index is 14.1. The maximum atomic E-state index is 14.1. The fraction of sp³-hybridized carbons (Fsp3) is 0.490. The van der Waals surface area contributed by atoms with Crippen LogP contribution in [0.15, 0.2) is 84.9 Å². The number of benzene rings is 4. The molecule has 0 saturated carbocycles. The number of hydrogen-bond acceptors (Lipinski definition) is 6. The molecule has 0 radical (unpaired) electrons. The fourth-order valence-electron chi connectivity index (χ4n) is 6.71. The Kier molecular flexibility index (Phi) is 13.2. The average molecular weight is 777 g/mol. The largest absolute Gasteiger partial charge is 0.488 e. The number of carbonyl (C=O) groups excluding carboxylic acids is 2. The van der Waals surface area contributed by atoms with Crippen LogP contribution in [0.25, 0.3) is 0 Å². The van der Waals surface area contributed by atoms with Crippen LogP contribution >= 0.6 is 0 Å². The molecular weight excluding hydrogens is 709 g/mol. The molecule has 57 heavy (non-hydrogen) atoms. The smallest absolute Gasteiger partial charge is 0.321 e. The van der Waals surface area contributed by atoms with Gasteiger partial charge in [-0.2, -0.15) is 0 Å². The van der Waals surface area contributed by atoms with Crippen molar-refractivity contribution in [1.82, 2.24) is 0 Å². The maximum Gasteiger partial charge on any atom is 0.321 e. The fourth-order valence-corrected chi connectivity index (χ4v) is 6.71. The van der Waals surface area contributed by atoms with Gasteiger partial charge in [-0.15, -0.1) is 0 Å². The average Bonchev–Trinajstić information content (AvgIpc) is 3.16. The minimum Gasteiger partial charge on any atom is -0.488 e. The van der Waals surface area contributed by atoms with Gasteiger partial charge in [-0.1, -0.05) is 97.0 Å². The van der Waals surface area contributed by atoms with E-state index in [0.717, 1.165) is 40.0 Å². The molecule has 0 aliphatic rings. The predicted molar refractivity (Wildman–Crippen MR) is 233 cm³/mol. The van der Waals surface area contributed by atoms with Crippen LogP contribution in [-0.4, -0.2) is 23.1 Å². The van der Waals surface area contributed by atoms with E-state index in [4.69, 9.17) is 18.9 Å². The Labute approximate surface area is 343 Å². The van der Waals surface area contributed by atoms with Crippen molar-refractivity contribution in [2.75, 3.05) is 0 Å². The first-order valence-corrected chi connectivity index (χ1v) is 20.6. The van der Waals surface area contributed by atoms with Crippen molar-refractivity contribution in [2.24, 2.45) is 10.8 Å². The van der Waals surface area contributed by atoms with Crippen LogP contribution in [0.5, 0.6) is 23.0 Å². The first-order valence-electron chi connectivity index (χ1n) is 20.6. The van der Waals surface area contributed by atoms with Gasteiger partial charge in [0.2, 0.25) is 0 Å². The van der Waals surface area contributed by atoms with Crippen molar-refractivity contribution < 1.29 is 28.5 Å². The van der Waals surface area contributed by atoms with Gasteiger partial charge < -0.3 is 18.9 Å². The highest BCUT2D eigenvalue weighted by molar-refractivity contribution is 5.80. The van der Waals surface area contributed by atoms with Gasteiger partial charge in [0.05, 0.1) is 5.41 Å². The van der Waals surface area contributed by atoms with E-state index in [-0.39, 0.29) is 28.4 Å². The summed E-state index contributed by atoms with van der Waals surface area (Å²) in [6.07, 6.45) is 2.14. The number of rotatable bonds is 16. The zero-order valence-electron chi connectivity index (χ0n) is 37.7. The number of aryl methyl sites for hydroxylation is 2. The zero-order valence-corrected chi connectivity index (χ0v) is 37.7. The number of ether oxygens (including phenoxy) is 4. The topological polar surface area (TPSA) is 71.1 Å². The molecule has 1 atom stereocenters. The van der Waals surface area contributed by atoms with E-state index in [9.17, 15) is 9.59 Å². The second-order valence-electron chi connectivity index (χ2n) is 18.8. The molecule has 0 aliphatic heterocycles. The van der Waals surface area contributed by atoms with Gasteiger partial charge in [0.25, 0.3) is 0 Å². The van der Waals surface area contributed by atoms with Gasteiger partial charge in [-0.05, 0) is 151 Å². The van der Waals surface area contributed by atoms with Crippen LogP contribution in [0.2, 0.25) is 0 Å². The highest BCUT2D eigenvalue weighted by Crippen LogP contribution is 2.42. The van der Waals surface area contributed by atoms with E-state index in [2.05, 4.69) is 97.9 Å². The molecule has 0 amide bonds. The molecule has 0 aromatic heterocycles. The monoisotopic (exact) mass is 777 g/mol. The van der Waals surface area contributed by atoms with Crippen molar-refractivity contribution in [1.29, 1.82) is 0 Å². The molecule has 4 aromatic rings. The molecule has 4 aromatic carbocycles. The summed E-state index contributed by atoms with van der Waals surface area (Å²) < 4.78 is 24.8. The molecule has 0 spiro atoms. The summed E-state index contributed by atoms with van der Waals surface area (Å²) in [4.78, 5) is 26.7. The molecule has 4 rings (SSSR count). The number of carbonyl (C=O) groups is 2. The van der Waals surface area contributed by atoms with Gasteiger partial charge in [0, 0.05) is 10.8 Å². The van der Waals surface area contributed by atoms with Crippen LogP contribution in [0.1, 0.15) is 150 Å². The van der Waals surface area contributed by atoms with Gasteiger partial charge >= 0.3 is 11.9 Å². The van der Waals surface area contributed by atoms with Crippen LogP contribution in [0, 0.1) is 24.7 Å². The molecule has 0 fully saturated rings. The van der Waals surface area contributed by atoms with E-state index < -0.39 is 16.4 Å². The first-order chi connectivity index (χ1) is 26.3. The van der Waals surface area contributed by atoms with Crippen LogP contribution in [-0.2, 0) is 20.4 Å². The van der Waals surface area contributed by atoms with E-state index in [1.54, 1.807) is 0 Å². The Balaban J connectivity index is 1.47. The molecule has 0 aliphatic carbocycles. The van der Waals surface area contributed by atoms with Crippen molar-refractivity contribution >= 4 is 11.9 Å². The summed E-state index contributed by atoms with van der Waals surface area (Å²) in [5.41, 5.74) is 3.26. The Hall–Kier alpha value is -4.58. The van der Waals surface area contributed by atoms with Crippen LogP contribution in [0.3, 0.4) is 0 Å². The van der Waals surface area contributed by atoms with Gasteiger partial charge in [-0.25, -0.2) is 0 Å². The van der Waals surface area contributed by atoms with E-state index in [1.165, 1.54) is 5.56 Å². The Morgan fingerprint density at radius 2 is 0.912 bits per heavy atom. The lowest BCUT2D eigenvalue weighted by Gasteiger charge is -2.41. The number of hydrogen-bond donors (Lipinski definition) is 0. The molecule has 0 heterocycles. The Morgan fingerprint density at radius 1 is 0.474 bits per heavy atom. The van der Waals surface area contributed by atoms with Crippen molar-refractivity contribution in [3.63, 3.8) is 0 Å². The standard InChI is InChI=1S/C51H68O6/c1-17-46(6,7)44(52)54-40-26-20-36(21-27-40)48(10,11)37-22-28-41(29-23-37)56-50(14,15)51(16,19-3)45(53)55-42-30-24-38(32-34(42)4)49(12,13)39-25-31-43(35(5)33-39)57-47(8,9)18-2/h20-33H,17-19H2,1-16H3. The lowest BCUT2D eigenvalue weighted by molar-refractivity contribution is -0.157. The highest BCUT2D eigenvalue weighted by atomic mass is 16.5. The molecule has 6 nitrogen and oxygen atoms in total. The Bertz CT molecular complexity index is 2030. The summed E-state index contributed by atoms with van der Waals surface area (Å²) in [7, 11) is 0. The molecule has 0 saturated heterocycles. The zero-order chi connectivity index (χ0) is 42.8. The molecule has 0 N–H and O–H groups in total. The minimum atomic E-state index is -0.958. The third-order valence-corrected chi connectivity index (χ3v) is 12.9. The molecule has 6 heteroatoms. The summed E-state index contributed by atoms with van der Waals surface area (Å²) in [6, 6.07) is 28.3. The summed E-state index contributed by atoms with van der Waals surface area (Å²) >= 11 is 0. The normalized spacial score (nSPS) is 13.8. The van der Waals surface area contributed by atoms with E-state index >= 15 is 0 Å². The van der Waals surface area contributed by atoms with Crippen molar-refractivity contribution in [3.05, 3.63) is 118 Å². The second-order valence-corrected chi connectivity index (χ2v) is 18.8. The molecular formula is C51H68O6. The minimum absolute atomic E-state index is 0.229. The molecule has 308 valence electrons. The molecule has 0 bridgehead atoms. The summed E-state index contributed by atoms with van der Waals surface area (Å²) in [6.45, 7) is 32.8. The molecule has 1 unspecified atom stereocenters. The summed E-state index contributed by atoms with van der Waals surface area (Å²) in [5, 5.41) is 0. The van der Waals surface area contributed by atoms with Crippen LogP contribution < -0.4 is 18.9 Å². The second kappa shape index (κ2) is 16.7. The lowest BCUT2D eigenvalue weighted by Crippen LogP contribution is -2.52. The van der Waals surface area contributed by atoms with Gasteiger partial charge in [0.1, 0.15) is 39.6 Å². The lowest BCUT2D eigenvalue weighted by atomic mass is 9.73. The Morgan fingerprint density at radius 3 is 1.35 bits per heavy atom. The van der Waals surface area contributed by atoms with E-state index in [0.29, 0.717) is 30.1 Å². The van der Waals surface area contributed by atoms with Gasteiger partial charge in [0.15, 0.2) is 0 Å².